The van der Waals surface area contributed by atoms with Crippen LogP contribution in [-0.4, -0.2) is 29.6 Å². The third-order valence-corrected chi connectivity index (χ3v) is 3.79. The van der Waals surface area contributed by atoms with Gasteiger partial charge in [0.25, 0.3) is 0 Å². The number of hydrogen-bond donors (Lipinski definition) is 1. The van der Waals surface area contributed by atoms with E-state index < -0.39 is 0 Å². The Labute approximate surface area is 110 Å². The fourth-order valence-electron chi connectivity index (χ4n) is 2.02. The number of anilines is 2. The smallest absolute Gasteiger partial charge is 0.134 e. The van der Waals surface area contributed by atoms with E-state index in [-0.39, 0.29) is 0 Å². The molecule has 100 valence electrons. The van der Waals surface area contributed by atoms with Crippen molar-refractivity contribution in [3.05, 3.63) is 12.4 Å². The number of aromatic nitrogens is 2. The topological polar surface area (TPSA) is 41.0 Å². The van der Waals surface area contributed by atoms with Crippen LogP contribution in [0, 0.1) is 5.41 Å². The van der Waals surface area contributed by atoms with Gasteiger partial charge in [0.1, 0.15) is 18.0 Å². The van der Waals surface area contributed by atoms with Crippen LogP contribution < -0.4 is 10.2 Å². The Balaban J connectivity index is 1.99. The molecule has 1 aromatic heterocycles. The van der Waals surface area contributed by atoms with E-state index >= 15 is 0 Å². The van der Waals surface area contributed by atoms with E-state index in [9.17, 15) is 0 Å². The maximum absolute atomic E-state index is 4.36. The molecule has 1 aliphatic rings. The van der Waals surface area contributed by atoms with Gasteiger partial charge in [0.2, 0.25) is 0 Å². The van der Waals surface area contributed by atoms with Gasteiger partial charge < -0.3 is 10.2 Å². The van der Waals surface area contributed by atoms with Crippen LogP contribution in [0.15, 0.2) is 12.4 Å². The second-order valence-corrected chi connectivity index (χ2v) is 5.83. The molecule has 0 radical (unpaired) electrons. The van der Waals surface area contributed by atoms with Crippen molar-refractivity contribution in [1.29, 1.82) is 0 Å². The zero-order valence-electron chi connectivity index (χ0n) is 11.7. The lowest BCUT2D eigenvalue weighted by molar-refractivity contribution is 0.376. The van der Waals surface area contributed by atoms with Crippen molar-refractivity contribution in [2.75, 3.05) is 29.9 Å². The summed E-state index contributed by atoms with van der Waals surface area (Å²) >= 11 is 0. The Kier molecular flexibility index (Phi) is 4.04. The van der Waals surface area contributed by atoms with Crippen molar-refractivity contribution in [1.82, 2.24) is 9.97 Å². The summed E-state index contributed by atoms with van der Waals surface area (Å²) in [6, 6.07) is 2.07. The van der Waals surface area contributed by atoms with Gasteiger partial charge in [-0.2, -0.15) is 0 Å². The van der Waals surface area contributed by atoms with Gasteiger partial charge >= 0.3 is 0 Å². The normalized spacial score (nSPS) is 16.1. The number of nitrogens with one attached hydrogen (secondary N) is 1. The van der Waals surface area contributed by atoms with E-state index in [1.165, 1.54) is 12.8 Å². The van der Waals surface area contributed by atoms with Crippen LogP contribution in [0.1, 0.15) is 40.0 Å². The first kappa shape index (κ1) is 13.1. The third kappa shape index (κ3) is 3.34. The van der Waals surface area contributed by atoms with E-state index in [1.807, 2.05) is 0 Å². The van der Waals surface area contributed by atoms with Gasteiger partial charge in [0.05, 0.1) is 0 Å². The Hall–Kier alpha value is -1.32. The minimum Gasteiger partial charge on any atom is -0.369 e. The Bertz CT molecular complexity index is 383. The van der Waals surface area contributed by atoms with Crippen molar-refractivity contribution in [2.45, 2.75) is 40.0 Å². The van der Waals surface area contributed by atoms with Gasteiger partial charge in [-0.15, -0.1) is 0 Å². The average molecular weight is 248 g/mol. The van der Waals surface area contributed by atoms with E-state index in [0.717, 1.165) is 37.7 Å². The molecule has 0 unspecified atom stereocenters. The highest BCUT2D eigenvalue weighted by Gasteiger charge is 2.16. The number of rotatable bonds is 5. The van der Waals surface area contributed by atoms with Crippen LogP contribution in [0.25, 0.3) is 0 Å². The summed E-state index contributed by atoms with van der Waals surface area (Å²) in [5.74, 6) is 1.99. The molecule has 1 fully saturated rings. The van der Waals surface area contributed by atoms with Gasteiger partial charge in [-0.05, 0) is 24.7 Å². The first-order valence-corrected chi connectivity index (χ1v) is 6.91. The third-order valence-electron chi connectivity index (χ3n) is 3.79. The molecule has 4 heteroatoms. The largest absolute Gasteiger partial charge is 0.369 e. The van der Waals surface area contributed by atoms with Gasteiger partial charge in [-0.1, -0.05) is 20.8 Å². The van der Waals surface area contributed by atoms with Crippen molar-refractivity contribution >= 4 is 11.6 Å². The van der Waals surface area contributed by atoms with E-state index in [0.29, 0.717) is 5.41 Å². The molecule has 1 N–H and O–H groups in total. The molecule has 2 rings (SSSR count). The van der Waals surface area contributed by atoms with Gasteiger partial charge in [0.15, 0.2) is 0 Å². The summed E-state index contributed by atoms with van der Waals surface area (Å²) in [6.45, 7) is 9.94. The highest BCUT2D eigenvalue weighted by Crippen LogP contribution is 2.22. The Morgan fingerprint density at radius 1 is 1.28 bits per heavy atom. The fourth-order valence-corrected chi connectivity index (χ4v) is 2.02. The van der Waals surface area contributed by atoms with Crippen LogP contribution in [0.2, 0.25) is 0 Å². The van der Waals surface area contributed by atoms with E-state index in [1.54, 1.807) is 6.33 Å². The Morgan fingerprint density at radius 3 is 2.67 bits per heavy atom. The fraction of sp³-hybridized carbons (Fsp3) is 0.714. The van der Waals surface area contributed by atoms with Crippen LogP contribution in [-0.2, 0) is 0 Å². The second-order valence-electron chi connectivity index (χ2n) is 5.83. The standard InChI is InChI=1S/C14H24N4/c1-4-14(2,3)10-15-12-9-13(17-11-16-12)18-7-5-6-8-18/h9,11H,4-8,10H2,1-3H3,(H,15,16,17). The molecule has 0 amide bonds. The minimum absolute atomic E-state index is 0.304. The minimum atomic E-state index is 0.304. The van der Waals surface area contributed by atoms with E-state index in [4.69, 9.17) is 0 Å². The molecule has 0 bridgehead atoms. The highest BCUT2D eigenvalue weighted by atomic mass is 15.2. The molecule has 1 aromatic rings. The second kappa shape index (κ2) is 5.55. The van der Waals surface area contributed by atoms with Gasteiger partial charge in [0, 0.05) is 25.7 Å². The van der Waals surface area contributed by atoms with Crippen molar-refractivity contribution < 1.29 is 0 Å². The molecule has 0 atom stereocenters. The first-order valence-electron chi connectivity index (χ1n) is 6.91. The SMILES string of the molecule is CCC(C)(C)CNc1cc(N2CCCC2)ncn1. The average Bonchev–Trinajstić information content (AvgIpc) is 2.91. The van der Waals surface area contributed by atoms with Crippen LogP contribution in [0.5, 0.6) is 0 Å². The van der Waals surface area contributed by atoms with Crippen LogP contribution >= 0.6 is 0 Å². The molecular weight excluding hydrogens is 224 g/mol. The van der Waals surface area contributed by atoms with E-state index in [2.05, 4.69) is 47.0 Å². The lowest BCUT2D eigenvalue weighted by atomic mass is 9.90. The molecule has 0 aliphatic carbocycles. The highest BCUT2D eigenvalue weighted by molar-refractivity contribution is 5.48. The van der Waals surface area contributed by atoms with Crippen molar-refractivity contribution in [3.63, 3.8) is 0 Å². The summed E-state index contributed by atoms with van der Waals surface area (Å²) in [6.07, 6.45) is 5.37. The maximum Gasteiger partial charge on any atom is 0.134 e. The lowest BCUT2D eigenvalue weighted by Crippen LogP contribution is -2.23. The molecule has 1 saturated heterocycles. The molecule has 0 saturated carbocycles. The van der Waals surface area contributed by atoms with Crippen molar-refractivity contribution in [2.24, 2.45) is 5.41 Å². The predicted octanol–water partition coefficient (Wildman–Crippen LogP) is 2.92. The summed E-state index contributed by atoms with van der Waals surface area (Å²) in [4.78, 5) is 11.0. The summed E-state index contributed by atoms with van der Waals surface area (Å²) in [7, 11) is 0. The molecule has 1 aliphatic heterocycles. The first-order chi connectivity index (χ1) is 8.61. The molecule has 18 heavy (non-hydrogen) atoms. The molecule has 4 nitrogen and oxygen atoms in total. The molecule has 0 aromatic carbocycles. The summed E-state index contributed by atoms with van der Waals surface area (Å²) < 4.78 is 0. The number of hydrogen-bond acceptors (Lipinski definition) is 4. The lowest BCUT2D eigenvalue weighted by Gasteiger charge is -2.23. The molecule has 2 heterocycles. The molecular formula is C14H24N4. The quantitative estimate of drug-likeness (QED) is 0.870. The number of nitrogens with zero attached hydrogens (tertiary/aromatic N) is 3. The Morgan fingerprint density at radius 2 is 2.00 bits per heavy atom. The zero-order chi connectivity index (χ0) is 13.0. The summed E-state index contributed by atoms with van der Waals surface area (Å²) in [5.41, 5.74) is 0.304. The van der Waals surface area contributed by atoms with Crippen LogP contribution in [0.4, 0.5) is 11.6 Å². The van der Waals surface area contributed by atoms with Crippen LogP contribution in [0.3, 0.4) is 0 Å². The molecule has 0 spiro atoms. The van der Waals surface area contributed by atoms with Gasteiger partial charge in [-0.25, -0.2) is 9.97 Å². The predicted molar refractivity (Wildman–Crippen MR) is 76.0 cm³/mol. The summed E-state index contributed by atoms with van der Waals surface area (Å²) in [5, 5.41) is 3.42. The maximum atomic E-state index is 4.36. The van der Waals surface area contributed by atoms with Crippen molar-refractivity contribution in [3.8, 4) is 0 Å². The monoisotopic (exact) mass is 248 g/mol. The zero-order valence-corrected chi connectivity index (χ0v) is 11.7. The van der Waals surface area contributed by atoms with Gasteiger partial charge in [-0.3, -0.25) is 0 Å².